The number of aryl methyl sites for hydroxylation is 1. The average molecular weight is 441 g/mol. The van der Waals surface area contributed by atoms with Gasteiger partial charge < -0.3 is 19.0 Å². The second kappa shape index (κ2) is 7.84. The SMILES string of the molecule is COc1cc(N2C(=O)C3ON=C(c4cccc(OC)c4OC)C3C2=O)c(C)cc1[N+](=O)[O-]. The normalized spacial score (nSPS) is 19.4. The van der Waals surface area contributed by atoms with Crippen molar-refractivity contribution in [1.29, 1.82) is 0 Å². The zero-order valence-corrected chi connectivity index (χ0v) is 17.6. The molecule has 11 heteroatoms. The Kier molecular flexibility index (Phi) is 5.17. The fraction of sp³-hybridized carbons (Fsp3) is 0.286. The van der Waals surface area contributed by atoms with E-state index in [1.54, 1.807) is 25.1 Å². The maximum absolute atomic E-state index is 13.4. The Morgan fingerprint density at radius 2 is 1.78 bits per heavy atom. The van der Waals surface area contributed by atoms with Gasteiger partial charge in [-0.1, -0.05) is 11.2 Å². The summed E-state index contributed by atoms with van der Waals surface area (Å²) >= 11 is 0. The van der Waals surface area contributed by atoms with Gasteiger partial charge in [-0.05, 0) is 24.6 Å². The van der Waals surface area contributed by atoms with Crippen molar-refractivity contribution in [1.82, 2.24) is 0 Å². The highest BCUT2D eigenvalue weighted by atomic mass is 16.7. The van der Waals surface area contributed by atoms with Crippen LogP contribution in [-0.4, -0.2) is 49.9 Å². The summed E-state index contributed by atoms with van der Waals surface area (Å²) in [7, 11) is 4.20. The largest absolute Gasteiger partial charge is 0.493 e. The van der Waals surface area contributed by atoms with E-state index in [9.17, 15) is 19.7 Å². The Morgan fingerprint density at radius 1 is 1.06 bits per heavy atom. The molecule has 2 aliphatic heterocycles. The highest BCUT2D eigenvalue weighted by molar-refractivity contribution is 6.33. The average Bonchev–Trinajstić information content (AvgIpc) is 3.33. The zero-order chi connectivity index (χ0) is 23.2. The predicted molar refractivity (Wildman–Crippen MR) is 111 cm³/mol. The molecule has 11 nitrogen and oxygen atoms in total. The number of amides is 2. The van der Waals surface area contributed by atoms with Crippen LogP contribution in [0, 0.1) is 23.0 Å². The van der Waals surface area contributed by atoms with E-state index < -0.39 is 28.8 Å². The Morgan fingerprint density at radius 3 is 2.41 bits per heavy atom. The number of carbonyl (C=O) groups excluding carboxylic acids is 2. The molecule has 2 unspecified atom stereocenters. The van der Waals surface area contributed by atoms with Gasteiger partial charge in [0.15, 0.2) is 17.2 Å². The number of para-hydroxylation sites is 1. The summed E-state index contributed by atoms with van der Waals surface area (Å²) in [4.78, 5) is 43.5. The molecule has 166 valence electrons. The number of nitro benzene ring substituents is 1. The fourth-order valence-corrected chi connectivity index (χ4v) is 3.94. The number of ether oxygens (including phenoxy) is 3. The summed E-state index contributed by atoms with van der Waals surface area (Å²) in [6.45, 7) is 1.57. The van der Waals surface area contributed by atoms with Crippen molar-refractivity contribution in [2.24, 2.45) is 11.1 Å². The first kappa shape index (κ1) is 21.1. The van der Waals surface area contributed by atoms with Crippen LogP contribution >= 0.6 is 0 Å². The number of benzene rings is 2. The summed E-state index contributed by atoms with van der Waals surface area (Å²) in [6.07, 6.45) is -1.16. The van der Waals surface area contributed by atoms with Gasteiger partial charge in [0.25, 0.3) is 5.91 Å². The van der Waals surface area contributed by atoms with Gasteiger partial charge in [-0.15, -0.1) is 0 Å². The number of hydrogen-bond acceptors (Lipinski definition) is 9. The van der Waals surface area contributed by atoms with Crippen molar-refractivity contribution in [3.63, 3.8) is 0 Å². The molecule has 0 aromatic heterocycles. The summed E-state index contributed by atoms with van der Waals surface area (Å²) in [6, 6.07) is 7.64. The minimum absolute atomic E-state index is 0.0717. The standard InChI is InChI=1S/C21H19N3O8/c1-10-8-13(24(27)28)15(30-3)9-12(10)23-20(25)16-17(22-32-19(16)21(23)26)11-6-5-7-14(29-2)18(11)31-4/h5-9,16,19H,1-4H3. The molecule has 32 heavy (non-hydrogen) atoms. The van der Waals surface area contributed by atoms with Crippen molar-refractivity contribution in [3.05, 3.63) is 51.6 Å². The summed E-state index contributed by atoms with van der Waals surface area (Å²) in [5.41, 5.74) is 0.958. The second-order valence-corrected chi connectivity index (χ2v) is 7.10. The Labute approximate surface area is 182 Å². The van der Waals surface area contributed by atoms with E-state index in [0.717, 1.165) is 4.90 Å². The summed E-state index contributed by atoms with van der Waals surface area (Å²) in [5.74, 6) is -1.49. The van der Waals surface area contributed by atoms with E-state index in [4.69, 9.17) is 19.0 Å². The molecule has 2 atom stereocenters. The number of carbonyl (C=O) groups is 2. The maximum Gasteiger partial charge on any atom is 0.311 e. The lowest BCUT2D eigenvalue weighted by Crippen LogP contribution is -2.33. The number of methoxy groups -OCH3 is 3. The molecule has 1 fully saturated rings. The quantitative estimate of drug-likeness (QED) is 0.379. The summed E-state index contributed by atoms with van der Waals surface area (Å²) in [5, 5.41) is 15.3. The molecule has 0 spiro atoms. The highest BCUT2D eigenvalue weighted by Gasteiger charge is 2.57. The first-order chi connectivity index (χ1) is 15.3. The van der Waals surface area contributed by atoms with Gasteiger partial charge in [0.2, 0.25) is 12.0 Å². The van der Waals surface area contributed by atoms with Crippen LogP contribution in [-0.2, 0) is 14.4 Å². The third-order valence-electron chi connectivity index (χ3n) is 5.43. The van der Waals surface area contributed by atoms with Gasteiger partial charge in [-0.3, -0.25) is 19.7 Å². The minimum Gasteiger partial charge on any atom is -0.493 e. The lowest BCUT2D eigenvalue weighted by molar-refractivity contribution is -0.385. The van der Waals surface area contributed by atoms with E-state index in [-0.39, 0.29) is 22.8 Å². The molecule has 0 saturated carbocycles. The van der Waals surface area contributed by atoms with Crippen molar-refractivity contribution >= 4 is 28.9 Å². The smallest absolute Gasteiger partial charge is 0.311 e. The van der Waals surface area contributed by atoms with Gasteiger partial charge in [0.1, 0.15) is 11.6 Å². The monoisotopic (exact) mass is 441 g/mol. The van der Waals surface area contributed by atoms with Crippen molar-refractivity contribution in [3.8, 4) is 17.2 Å². The molecule has 2 amide bonds. The van der Waals surface area contributed by atoms with Crippen molar-refractivity contribution in [2.45, 2.75) is 13.0 Å². The lowest BCUT2D eigenvalue weighted by atomic mass is 9.93. The fourth-order valence-electron chi connectivity index (χ4n) is 3.94. The lowest BCUT2D eigenvalue weighted by Gasteiger charge is -2.19. The molecule has 1 saturated heterocycles. The molecule has 0 aliphatic carbocycles. The third-order valence-corrected chi connectivity index (χ3v) is 5.43. The van der Waals surface area contributed by atoms with E-state index in [1.165, 1.54) is 33.5 Å². The number of imide groups is 1. The zero-order valence-electron chi connectivity index (χ0n) is 17.6. The van der Waals surface area contributed by atoms with Gasteiger partial charge in [0.05, 0.1) is 31.9 Å². The molecule has 2 aromatic carbocycles. The van der Waals surface area contributed by atoms with E-state index in [0.29, 0.717) is 22.6 Å². The number of fused-ring (bicyclic) bond motifs is 1. The first-order valence-electron chi connectivity index (χ1n) is 9.49. The number of nitrogens with zero attached hydrogens (tertiary/aromatic N) is 3. The van der Waals surface area contributed by atoms with E-state index in [2.05, 4.69) is 5.16 Å². The molecular formula is C21H19N3O8. The van der Waals surface area contributed by atoms with Gasteiger partial charge in [-0.2, -0.15) is 0 Å². The molecule has 0 radical (unpaired) electrons. The Bertz CT molecular complexity index is 1180. The molecule has 4 rings (SSSR count). The molecule has 2 aliphatic rings. The number of anilines is 1. The number of rotatable bonds is 6. The predicted octanol–water partition coefficient (Wildman–Crippen LogP) is 2.22. The van der Waals surface area contributed by atoms with Crippen molar-refractivity contribution in [2.75, 3.05) is 26.2 Å². The molecule has 2 aromatic rings. The topological polar surface area (TPSA) is 130 Å². The van der Waals surface area contributed by atoms with Crippen LogP contribution in [0.15, 0.2) is 35.5 Å². The van der Waals surface area contributed by atoms with Crippen molar-refractivity contribution < 1.29 is 33.6 Å². The number of oxime groups is 1. The van der Waals surface area contributed by atoms with Crippen LogP contribution in [0.2, 0.25) is 0 Å². The number of nitro groups is 1. The third kappa shape index (κ3) is 3.01. The second-order valence-electron chi connectivity index (χ2n) is 7.10. The molecular weight excluding hydrogens is 422 g/mol. The van der Waals surface area contributed by atoms with Crippen LogP contribution in [0.1, 0.15) is 11.1 Å². The minimum atomic E-state index is -1.16. The van der Waals surface area contributed by atoms with Gasteiger partial charge in [-0.25, -0.2) is 4.90 Å². The Balaban J connectivity index is 1.77. The molecule has 0 N–H and O–H groups in total. The Hall–Kier alpha value is -4.15. The van der Waals surface area contributed by atoms with Crippen LogP contribution < -0.4 is 19.1 Å². The first-order valence-corrected chi connectivity index (χ1v) is 9.49. The van der Waals surface area contributed by atoms with Gasteiger partial charge in [0, 0.05) is 17.7 Å². The molecule has 2 heterocycles. The van der Waals surface area contributed by atoms with Crippen LogP contribution in [0.5, 0.6) is 17.2 Å². The molecule has 0 bridgehead atoms. The van der Waals surface area contributed by atoms with Crippen LogP contribution in [0.3, 0.4) is 0 Å². The maximum atomic E-state index is 13.4. The summed E-state index contributed by atoms with van der Waals surface area (Å²) < 4.78 is 15.8. The van der Waals surface area contributed by atoms with E-state index >= 15 is 0 Å². The van der Waals surface area contributed by atoms with Crippen LogP contribution in [0.4, 0.5) is 11.4 Å². The van der Waals surface area contributed by atoms with Gasteiger partial charge >= 0.3 is 5.69 Å². The highest BCUT2D eigenvalue weighted by Crippen LogP contribution is 2.42. The van der Waals surface area contributed by atoms with Crippen LogP contribution in [0.25, 0.3) is 0 Å². The van der Waals surface area contributed by atoms with E-state index in [1.807, 2.05) is 0 Å². The number of hydrogen-bond donors (Lipinski definition) is 0.